The predicted octanol–water partition coefficient (Wildman–Crippen LogP) is 4.36. The van der Waals surface area contributed by atoms with Crippen molar-refractivity contribution in [1.29, 1.82) is 0 Å². The molecule has 0 aliphatic heterocycles. The first-order valence-electron chi connectivity index (χ1n) is 6.62. The molecule has 22 heavy (non-hydrogen) atoms. The number of hydrogen-bond donors (Lipinski definition) is 1. The first-order chi connectivity index (χ1) is 10.5. The summed E-state index contributed by atoms with van der Waals surface area (Å²) < 4.78 is 38.0. The minimum absolute atomic E-state index is 0.486. The Morgan fingerprint density at radius 3 is 2.82 bits per heavy atom. The van der Waals surface area contributed by atoms with E-state index in [2.05, 4.69) is 15.3 Å². The molecule has 2 heterocycles. The molecule has 0 fully saturated rings. The minimum Gasteiger partial charge on any atom is -0.369 e. The van der Waals surface area contributed by atoms with Crippen LogP contribution in [-0.2, 0) is 12.6 Å². The molecule has 0 aliphatic carbocycles. The van der Waals surface area contributed by atoms with Crippen LogP contribution in [0, 0.1) is 0 Å². The Morgan fingerprint density at radius 1 is 1.14 bits per heavy atom. The molecule has 0 bridgehead atoms. The highest BCUT2D eigenvalue weighted by molar-refractivity contribution is 7.16. The van der Waals surface area contributed by atoms with Crippen LogP contribution < -0.4 is 5.32 Å². The van der Waals surface area contributed by atoms with Crippen LogP contribution in [0.15, 0.2) is 42.0 Å². The lowest BCUT2D eigenvalue weighted by molar-refractivity contribution is -0.137. The van der Waals surface area contributed by atoms with Crippen molar-refractivity contribution in [1.82, 2.24) is 9.97 Å². The maximum absolute atomic E-state index is 12.7. The quantitative estimate of drug-likeness (QED) is 0.775. The fourth-order valence-corrected chi connectivity index (χ4v) is 2.89. The van der Waals surface area contributed by atoms with Crippen LogP contribution in [0.3, 0.4) is 0 Å². The van der Waals surface area contributed by atoms with Crippen molar-refractivity contribution < 1.29 is 13.2 Å². The molecule has 114 valence electrons. The minimum atomic E-state index is -4.31. The van der Waals surface area contributed by atoms with Gasteiger partial charge in [0.15, 0.2) is 0 Å². The van der Waals surface area contributed by atoms with Gasteiger partial charge in [0, 0.05) is 6.54 Å². The molecular weight excluding hydrogens is 311 g/mol. The standard InChI is InChI=1S/C15H12F3N3S/c16-15(17,18)11-3-1-2-10(8-11)4-6-19-13-12-5-7-22-14(12)21-9-20-13/h1-3,5,7-9H,4,6H2,(H,19,20,21). The van der Waals surface area contributed by atoms with E-state index in [1.165, 1.54) is 29.8 Å². The van der Waals surface area contributed by atoms with Crippen LogP contribution in [0.5, 0.6) is 0 Å². The molecule has 3 nitrogen and oxygen atoms in total. The second kappa shape index (κ2) is 5.92. The zero-order chi connectivity index (χ0) is 15.6. The van der Waals surface area contributed by atoms with Gasteiger partial charge in [0.2, 0.25) is 0 Å². The summed E-state index contributed by atoms with van der Waals surface area (Å²) in [5.41, 5.74) is 0.0187. The molecule has 0 atom stereocenters. The second-order valence-electron chi connectivity index (χ2n) is 4.74. The smallest absolute Gasteiger partial charge is 0.369 e. The van der Waals surface area contributed by atoms with E-state index >= 15 is 0 Å². The molecule has 3 aromatic rings. The first kappa shape index (κ1) is 14.8. The van der Waals surface area contributed by atoms with E-state index in [0.717, 1.165) is 16.3 Å². The van der Waals surface area contributed by atoms with Gasteiger partial charge < -0.3 is 5.32 Å². The molecule has 0 saturated heterocycles. The van der Waals surface area contributed by atoms with Crippen molar-refractivity contribution in [2.24, 2.45) is 0 Å². The molecule has 0 aliphatic rings. The third-order valence-corrected chi connectivity index (χ3v) is 4.04. The number of benzene rings is 1. The zero-order valence-electron chi connectivity index (χ0n) is 11.4. The SMILES string of the molecule is FC(F)(F)c1cccc(CCNc2ncnc3sccc23)c1. The van der Waals surface area contributed by atoms with Crippen molar-refractivity contribution in [3.8, 4) is 0 Å². The van der Waals surface area contributed by atoms with E-state index < -0.39 is 11.7 Å². The van der Waals surface area contributed by atoms with Gasteiger partial charge in [-0.3, -0.25) is 0 Å². The Balaban J connectivity index is 1.67. The number of anilines is 1. The van der Waals surface area contributed by atoms with Crippen molar-refractivity contribution in [2.45, 2.75) is 12.6 Å². The first-order valence-corrected chi connectivity index (χ1v) is 7.50. The zero-order valence-corrected chi connectivity index (χ0v) is 12.2. The summed E-state index contributed by atoms with van der Waals surface area (Å²) in [5, 5.41) is 6.01. The normalized spacial score (nSPS) is 11.8. The van der Waals surface area contributed by atoms with E-state index in [4.69, 9.17) is 0 Å². The predicted molar refractivity (Wildman–Crippen MR) is 81.1 cm³/mol. The number of nitrogens with one attached hydrogen (secondary N) is 1. The molecule has 0 spiro atoms. The monoisotopic (exact) mass is 323 g/mol. The lowest BCUT2D eigenvalue weighted by Gasteiger charge is -2.10. The van der Waals surface area contributed by atoms with Crippen LogP contribution in [0.2, 0.25) is 0 Å². The van der Waals surface area contributed by atoms with Crippen LogP contribution in [0.1, 0.15) is 11.1 Å². The third kappa shape index (κ3) is 3.19. The molecule has 0 unspecified atom stereocenters. The number of rotatable bonds is 4. The number of fused-ring (bicyclic) bond motifs is 1. The average molecular weight is 323 g/mol. The Labute approximate surface area is 128 Å². The van der Waals surface area contributed by atoms with Crippen molar-refractivity contribution in [3.63, 3.8) is 0 Å². The van der Waals surface area contributed by atoms with Crippen LogP contribution in [0.4, 0.5) is 19.0 Å². The summed E-state index contributed by atoms with van der Waals surface area (Å²) in [6.07, 6.45) is -2.34. The molecule has 1 aromatic carbocycles. The Morgan fingerprint density at radius 2 is 2.00 bits per heavy atom. The Bertz CT molecular complexity index is 783. The van der Waals surface area contributed by atoms with E-state index in [1.807, 2.05) is 11.4 Å². The number of hydrogen-bond acceptors (Lipinski definition) is 4. The summed E-state index contributed by atoms with van der Waals surface area (Å²) in [6.45, 7) is 0.503. The molecule has 0 amide bonds. The molecule has 2 aromatic heterocycles. The van der Waals surface area contributed by atoms with Gasteiger partial charge in [-0.1, -0.05) is 18.2 Å². The highest BCUT2D eigenvalue weighted by atomic mass is 32.1. The third-order valence-electron chi connectivity index (χ3n) is 3.22. The summed E-state index contributed by atoms with van der Waals surface area (Å²) in [5.74, 6) is 0.707. The number of aromatic nitrogens is 2. The summed E-state index contributed by atoms with van der Waals surface area (Å²) >= 11 is 1.52. The van der Waals surface area contributed by atoms with Crippen LogP contribution in [-0.4, -0.2) is 16.5 Å². The van der Waals surface area contributed by atoms with Crippen molar-refractivity contribution >= 4 is 27.4 Å². The van der Waals surface area contributed by atoms with Crippen molar-refractivity contribution in [3.05, 3.63) is 53.2 Å². The molecular formula is C15H12F3N3S. The van der Waals surface area contributed by atoms with Gasteiger partial charge in [-0.25, -0.2) is 9.97 Å². The average Bonchev–Trinajstić information content (AvgIpc) is 2.96. The lowest BCUT2D eigenvalue weighted by atomic mass is 10.1. The van der Waals surface area contributed by atoms with E-state index in [1.54, 1.807) is 6.07 Å². The highest BCUT2D eigenvalue weighted by Crippen LogP contribution is 2.29. The van der Waals surface area contributed by atoms with Gasteiger partial charge in [0.25, 0.3) is 0 Å². The fourth-order valence-electron chi connectivity index (χ4n) is 2.16. The lowest BCUT2D eigenvalue weighted by Crippen LogP contribution is -2.09. The van der Waals surface area contributed by atoms with Gasteiger partial charge in [0.1, 0.15) is 17.0 Å². The molecule has 0 saturated carbocycles. The fraction of sp³-hybridized carbons (Fsp3) is 0.200. The van der Waals surface area contributed by atoms with E-state index in [-0.39, 0.29) is 0 Å². The summed E-state index contributed by atoms with van der Waals surface area (Å²) in [7, 11) is 0. The topological polar surface area (TPSA) is 37.8 Å². The second-order valence-corrected chi connectivity index (χ2v) is 5.63. The maximum atomic E-state index is 12.7. The summed E-state index contributed by atoms with van der Waals surface area (Å²) in [6, 6.07) is 7.31. The van der Waals surface area contributed by atoms with Gasteiger partial charge in [-0.05, 0) is 29.5 Å². The Kier molecular flexibility index (Phi) is 3.98. The maximum Gasteiger partial charge on any atom is 0.416 e. The number of thiophene rings is 1. The van der Waals surface area contributed by atoms with Crippen LogP contribution >= 0.6 is 11.3 Å². The molecule has 0 radical (unpaired) electrons. The molecule has 3 rings (SSSR count). The molecule has 1 N–H and O–H groups in total. The van der Waals surface area contributed by atoms with Gasteiger partial charge in [0.05, 0.1) is 10.9 Å². The van der Waals surface area contributed by atoms with Gasteiger partial charge in [-0.15, -0.1) is 11.3 Å². The summed E-state index contributed by atoms with van der Waals surface area (Å²) in [4.78, 5) is 9.21. The van der Waals surface area contributed by atoms with Gasteiger partial charge in [-0.2, -0.15) is 13.2 Å². The van der Waals surface area contributed by atoms with Gasteiger partial charge >= 0.3 is 6.18 Å². The number of nitrogens with zero attached hydrogens (tertiary/aromatic N) is 2. The van der Waals surface area contributed by atoms with Crippen molar-refractivity contribution in [2.75, 3.05) is 11.9 Å². The van der Waals surface area contributed by atoms with E-state index in [9.17, 15) is 13.2 Å². The number of halogens is 3. The van der Waals surface area contributed by atoms with Crippen LogP contribution in [0.25, 0.3) is 10.2 Å². The number of alkyl halides is 3. The highest BCUT2D eigenvalue weighted by Gasteiger charge is 2.30. The molecule has 7 heteroatoms. The largest absolute Gasteiger partial charge is 0.416 e. The van der Waals surface area contributed by atoms with E-state index in [0.29, 0.717) is 24.3 Å². The Hall–Kier alpha value is -2.15.